The number of nitrogens with zero attached hydrogens (tertiary/aromatic N) is 1. The van der Waals surface area contributed by atoms with Crippen LogP contribution >= 0.6 is 15.9 Å². The zero-order chi connectivity index (χ0) is 14.0. The first-order chi connectivity index (χ1) is 9.10. The zero-order valence-corrected chi connectivity index (χ0v) is 12.7. The van der Waals surface area contributed by atoms with Crippen molar-refractivity contribution in [3.05, 3.63) is 28.1 Å². The van der Waals surface area contributed by atoms with Crippen LogP contribution in [0, 0.1) is 6.92 Å². The summed E-state index contributed by atoms with van der Waals surface area (Å²) in [6, 6.07) is 3.84. The lowest BCUT2D eigenvalue weighted by Crippen LogP contribution is -1.98. The van der Waals surface area contributed by atoms with E-state index >= 15 is 0 Å². The Morgan fingerprint density at radius 2 is 1.95 bits per heavy atom. The fraction of sp³-hybridized carbons (Fsp3) is 0.308. The van der Waals surface area contributed by atoms with Crippen LogP contribution in [0.1, 0.15) is 11.4 Å². The molecule has 0 saturated heterocycles. The van der Waals surface area contributed by atoms with Crippen molar-refractivity contribution < 1.29 is 9.47 Å². The molecule has 0 fully saturated rings. The molecule has 0 unspecified atom stereocenters. The van der Waals surface area contributed by atoms with Crippen LogP contribution in [0.5, 0.6) is 11.5 Å². The molecule has 0 spiro atoms. The predicted molar refractivity (Wildman–Crippen MR) is 77.5 cm³/mol. The topological polar surface area (TPSA) is 73.2 Å². The molecule has 2 aromatic rings. The molecule has 1 heterocycles. The van der Waals surface area contributed by atoms with Gasteiger partial charge in [-0.05, 0) is 40.5 Å². The van der Waals surface area contributed by atoms with Gasteiger partial charge in [0.1, 0.15) is 27.6 Å². The summed E-state index contributed by atoms with van der Waals surface area (Å²) in [6.07, 6.45) is 0. The number of benzene rings is 1. The van der Waals surface area contributed by atoms with E-state index in [1.807, 2.05) is 19.1 Å². The number of imidazole rings is 1. The predicted octanol–water partition coefficient (Wildman–Crippen LogP) is 2.62. The highest BCUT2D eigenvalue weighted by molar-refractivity contribution is 9.10. The first-order valence-corrected chi connectivity index (χ1v) is 6.57. The Morgan fingerprint density at radius 1 is 1.26 bits per heavy atom. The van der Waals surface area contributed by atoms with E-state index in [-0.39, 0.29) is 0 Å². The van der Waals surface area contributed by atoms with Crippen LogP contribution in [0.4, 0.5) is 0 Å². The number of nitrogens with two attached hydrogens (primary N) is 1. The second-order valence-electron chi connectivity index (χ2n) is 4.07. The average molecular weight is 326 g/mol. The molecule has 0 radical (unpaired) electrons. The van der Waals surface area contributed by atoms with Crippen LogP contribution in [-0.2, 0) is 6.54 Å². The van der Waals surface area contributed by atoms with Crippen molar-refractivity contribution in [2.24, 2.45) is 5.73 Å². The molecule has 102 valence electrons. The van der Waals surface area contributed by atoms with Gasteiger partial charge in [-0.25, -0.2) is 4.98 Å². The summed E-state index contributed by atoms with van der Waals surface area (Å²) < 4.78 is 11.5. The fourth-order valence-corrected chi connectivity index (χ4v) is 2.44. The van der Waals surface area contributed by atoms with E-state index in [4.69, 9.17) is 15.2 Å². The van der Waals surface area contributed by atoms with E-state index in [0.717, 1.165) is 32.9 Å². The van der Waals surface area contributed by atoms with Gasteiger partial charge in [0, 0.05) is 5.56 Å². The number of methoxy groups -OCH3 is 2. The minimum Gasteiger partial charge on any atom is -0.496 e. The van der Waals surface area contributed by atoms with Gasteiger partial charge in [-0.15, -0.1) is 0 Å². The van der Waals surface area contributed by atoms with E-state index < -0.39 is 0 Å². The second kappa shape index (κ2) is 5.63. The van der Waals surface area contributed by atoms with Gasteiger partial charge in [0.15, 0.2) is 0 Å². The quantitative estimate of drug-likeness (QED) is 0.906. The van der Waals surface area contributed by atoms with Crippen molar-refractivity contribution in [1.82, 2.24) is 9.97 Å². The molecular formula is C13H16BrN3O2. The lowest BCUT2D eigenvalue weighted by Gasteiger charge is -2.11. The third-order valence-electron chi connectivity index (χ3n) is 2.87. The zero-order valence-electron chi connectivity index (χ0n) is 11.1. The first kappa shape index (κ1) is 13.9. The molecule has 19 heavy (non-hydrogen) atoms. The van der Waals surface area contributed by atoms with Gasteiger partial charge in [0.05, 0.1) is 20.8 Å². The number of aryl methyl sites for hydroxylation is 1. The molecule has 1 aromatic heterocycles. The van der Waals surface area contributed by atoms with Gasteiger partial charge >= 0.3 is 0 Å². The fourth-order valence-electron chi connectivity index (χ4n) is 1.91. The Morgan fingerprint density at radius 3 is 2.47 bits per heavy atom. The van der Waals surface area contributed by atoms with Crippen LogP contribution in [-0.4, -0.2) is 24.2 Å². The SMILES string of the molecule is COc1cc(-c2nc(CN)[nH]c2Br)c(OC)cc1C. The Balaban J connectivity index is 2.62. The van der Waals surface area contributed by atoms with Crippen molar-refractivity contribution in [3.8, 4) is 22.8 Å². The Kier molecular flexibility index (Phi) is 4.11. The number of ether oxygens (including phenoxy) is 2. The molecule has 0 aliphatic rings. The number of aromatic amines is 1. The number of hydrogen-bond donors (Lipinski definition) is 2. The molecule has 0 amide bonds. The largest absolute Gasteiger partial charge is 0.496 e. The minimum absolute atomic E-state index is 0.351. The van der Waals surface area contributed by atoms with E-state index in [9.17, 15) is 0 Å². The molecule has 3 N–H and O–H groups in total. The summed E-state index contributed by atoms with van der Waals surface area (Å²) in [4.78, 5) is 7.53. The van der Waals surface area contributed by atoms with E-state index in [1.165, 1.54) is 0 Å². The van der Waals surface area contributed by atoms with Crippen LogP contribution in [0.15, 0.2) is 16.7 Å². The molecule has 0 atom stereocenters. The highest BCUT2D eigenvalue weighted by Crippen LogP contribution is 2.37. The third kappa shape index (κ3) is 2.59. The summed E-state index contributed by atoms with van der Waals surface area (Å²) in [6.45, 7) is 2.32. The lowest BCUT2D eigenvalue weighted by molar-refractivity contribution is 0.401. The number of aromatic nitrogens is 2. The number of H-pyrrole nitrogens is 1. The van der Waals surface area contributed by atoms with E-state index in [0.29, 0.717) is 12.4 Å². The summed E-state index contributed by atoms with van der Waals surface area (Å²) in [5, 5.41) is 0. The maximum atomic E-state index is 5.59. The second-order valence-corrected chi connectivity index (χ2v) is 4.87. The molecule has 0 saturated carbocycles. The van der Waals surface area contributed by atoms with E-state index in [1.54, 1.807) is 14.2 Å². The molecule has 0 aliphatic heterocycles. The molecule has 1 aromatic carbocycles. The van der Waals surface area contributed by atoms with Gasteiger partial charge in [-0.3, -0.25) is 0 Å². The van der Waals surface area contributed by atoms with Crippen molar-refractivity contribution in [2.45, 2.75) is 13.5 Å². The van der Waals surface area contributed by atoms with Crippen LogP contribution in [0.25, 0.3) is 11.3 Å². The molecule has 5 nitrogen and oxygen atoms in total. The van der Waals surface area contributed by atoms with Crippen molar-refractivity contribution >= 4 is 15.9 Å². The molecular weight excluding hydrogens is 310 g/mol. The third-order valence-corrected chi connectivity index (χ3v) is 3.45. The summed E-state index contributed by atoms with van der Waals surface area (Å²) >= 11 is 3.45. The number of hydrogen-bond acceptors (Lipinski definition) is 4. The Labute approximate surface area is 120 Å². The summed E-state index contributed by atoms with van der Waals surface area (Å²) in [7, 11) is 3.28. The number of halogens is 1. The highest BCUT2D eigenvalue weighted by atomic mass is 79.9. The Bertz CT molecular complexity index is 596. The maximum Gasteiger partial charge on any atom is 0.128 e. The van der Waals surface area contributed by atoms with Gasteiger partial charge in [-0.1, -0.05) is 0 Å². The minimum atomic E-state index is 0.351. The highest BCUT2D eigenvalue weighted by Gasteiger charge is 2.16. The van der Waals surface area contributed by atoms with Crippen LogP contribution < -0.4 is 15.2 Å². The number of rotatable bonds is 4. The normalized spacial score (nSPS) is 10.6. The van der Waals surface area contributed by atoms with Gasteiger partial charge in [0.25, 0.3) is 0 Å². The van der Waals surface area contributed by atoms with Gasteiger partial charge < -0.3 is 20.2 Å². The number of nitrogens with one attached hydrogen (secondary N) is 1. The standard InChI is InChI=1S/C13H16BrN3O2/c1-7-4-10(19-3)8(5-9(7)18-2)12-13(14)17-11(6-15)16-12/h4-5H,6,15H2,1-3H3,(H,16,17). The lowest BCUT2D eigenvalue weighted by atomic mass is 10.1. The average Bonchev–Trinajstić information content (AvgIpc) is 2.79. The van der Waals surface area contributed by atoms with Gasteiger partial charge in [0.2, 0.25) is 0 Å². The van der Waals surface area contributed by atoms with E-state index in [2.05, 4.69) is 25.9 Å². The monoisotopic (exact) mass is 325 g/mol. The first-order valence-electron chi connectivity index (χ1n) is 5.78. The smallest absolute Gasteiger partial charge is 0.128 e. The molecule has 2 rings (SSSR count). The molecule has 0 aliphatic carbocycles. The van der Waals surface area contributed by atoms with Crippen molar-refractivity contribution in [3.63, 3.8) is 0 Å². The van der Waals surface area contributed by atoms with Crippen molar-refractivity contribution in [1.29, 1.82) is 0 Å². The van der Waals surface area contributed by atoms with Gasteiger partial charge in [-0.2, -0.15) is 0 Å². The van der Waals surface area contributed by atoms with Crippen molar-refractivity contribution in [2.75, 3.05) is 14.2 Å². The molecule has 6 heteroatoms. The Hall–Kier alpha value is -1.53. The maximum absolute atomic E-state index is 5.59. The summed E-state index contributed by atoms with van der Waals surface area (Å²) in [5.41, 5.74) is 8.21. The van der Waals surface area contributed by atoms with Crippen LogP contribution in [0.2, 0.25) is 0 Å². The molecule has 0 bridgehead atoms. The summed E-state index contributed by atoms with van der Waals surface area (Å²) in [5.74, 6) is 2.25. The van der Waals surface area contributed by atoms with Crippen LogP contribution in [0.3, 0.4) is 0 Å².